The summed E-state index contributed by atoms with van der Waals surface area (Å²) < 4.78 is 30.7. The lowest BCUT2D eigenvalue weighted by Gasteiger charge is -2.42. The molecule has 1 aliphatic rings. The molecule has 2 rings (SSSR count). The molecule has 0 unspecified atom stereocenters. The molecule has 1 aromatic rings. The molecule has 0 spiro atoms. The molecule has 1 N–H and O–H groups in total. The molecule has 38 heavy (non-hydrogen) atoms. The zero-order chi connectivity index (χ0) is 28.9. The number of amides is 1. The number of likely N-dealkylation sites (tertiary alicyclic amines) is 1. The predicted octanol–water partition coefficient (Wildman–Crippen LogP) is 5.77. The molecular weight excluding hydrogens is 518 g/mol. The van der Waals surface area contributed by atoms with Crippen LogP contribution in [0.25, 0.3) is 0 Å². The fraction of sp³-hybridized carbons (Fsp3) is 0.750. The van der Waals surface area contributed by atoms with Crippen molar-refractivity contribution in [1.82, 2.24) is 4.90 Å². The molecule has 4 atom stereocenters. The van der Waals surface area contributed by atoms with Crippen molar-refractivity contribution in [2.24, 2.45) is 0 Å². The Labute approximate surface area is 232 Å². The number of carbonyl (C=O) groups excluding carboxylic acids is 1. The van der Waals surface area contributed by atoms with Crippen LogP contribution < -0.4 is 0 Å². The summed E-state index contributed by atoms with van der Waals surface area (Å²) >= 11 is 0. The Hall–Kier alpha value is -1.28. The van der Waals surface area contributed by atoms with Crippen LogP contribution >= 0.6 is 0 Å². The zero-order valence-electron chi connectivity index (χ0n) is 25.4. The fourth-order valence-corrected chi connectivity index (χ4v) is 6.30. The largest absolute Gasteiger partial charge is 0.445 e. The summed E-state index contributed by atoms with van der Waals surface area (Å²) in [6.07, 6.45) is -1.65. The number of aliphatic hydroxyl groups excluding tert-OH is 1. The van der Waals surface area contributed by atoms with E-state index in [-0.39, 0.29) is 36.7 Å². The Bertz CT molecular complexity index is 883. The van der Waals surface area contributed by atoms with E-state index in [2.05, 4.69) is 67.7 Å². The highest BCUT2D eigenvalue weighted by Crippen LogP contribution is 2.42. The third kappa shape index (κ3) is 7.90. The van der Waals surface area contributed by atoms with Crippen LogP contribution in [0.4, 0.5) is 4.79 Å². The van der Waals surface area contributed by atoms with E-state index < -0.39 is 47.0 Å². The minimum Gasteiger partial charge on any atom is -0.445 e. The van der Waals surface area contributed by atoms with Crippen LogP contribution in [0.2, 0.25) is 36.3 Å². The number of hydrogen-bond donors (Lipinski definition) is 1. The molecule has 1 aliphatic heterocycles. The molecule has 0 radical (unpaired) electrons. The number of aliphatic hydroxyl groups is 1. The Balaban J connectivity index is 2.49. The van der Waals surface area contributed by atoms with Crippen LogP contribution in [0.5, 0.6) is 0 Å². The zero-order valence-corrected chi connectivity index (χ0v) is 27.4. The number of nitrogens with zero attached hydrogens (tertiary/aromatic N) is 1. The normalized spacial score (nSPS) is 23.1. The average molecular weight is 570 g/mol. The van der Waals surface area contributed by atoms with Gasteiger partial charge in [-0.3, -0.25) is 4.90 Å². The van der Waals surface area contributed by atoms with Crippen LogP contribution in [-0.4, -0.2) is 84.1 Å². The molecule has 1 heterocycles. The second-order valence-corrected chi connectivity index (χ2v) is 22.8. The van der Waals surface area contributed by atoms with Crippen molar-refractivity contribution < 1.29 is 33.0 Å². The molecule has 1 amide bonds. The van der Waals surface area contributed by atoms with Crippen molar-refractivity contribution in [1.29, 1.82) is 0 Å². The quantitative estimate of drug-likeness (QED) is 0.267. The molecule has 1 fully saturated rings. The molecular formula is C28H51NO7Si2. The van der Waals surface area contributed by atoms with Crippen molar-refractivity contribution in [3.05, 3.63) is 35.9 Å². The van der Waals surface area contributed by atoms with Crippen LogP contribution in [0, 0.1) is 0 Å². The molecule has 10 heteroatoms. The molecule has 8 nitrogen and oxygen atoms in total. The first-order valence-corrected chi connectivity index (χ1v) is 19.3. The third-order valence-electron chi connectivity index (χ3n) is 8.44. The van der Waals surface area contributed by atoms with E-state index >= 15 is 0 Å². The number of benzene rings is 1. The summed E-state index contributed by atoms with van der Waals surface area (Å²) in [6, 6.07) is 8.38. The summed E-state index contributed by atoms with van der Waals surface area (Å²) in [4.78, 5) is 15.3. The maximum Gasteiger partial charge on any atom is 0.410 e. The smallest absolute Gasteiger partial charge is 0.410 e. The lowest BCUT2D eigenvalue weighted by atomic mass is 10.1. The number of carbonyl (C=O) groups is 1. The number of hydrogen-bond acceptors (Lipinski definition) is 7. The standard InChI is InChI=1S/C28H51NO7Si2/c1-27(2,3)37(8,9)35-19-23-25(36-38(10,11)28(4,5)6)24(34-20-32-7)22(17-30)29(23)26(31)33-18-21-15-13-12-14-16-21/h12-16,22-25,30H,17-20H2,1-11H3/t22-,23+,24+,25+/m0/s1. The fourth-order valence-electron chi connectivity index (χ4n) is 3.96. The van der Waals surface area contributed by atoms with E-state index in [1.807, 2.05) is 30.3 Å². The van der Waals surface area contributed by atoms with E-state index in [9.17, 15) is 9.90 Å². The SMILES string of the molecule is COCO[C@H]1[C@H](O[Si](C)(C)C(C)(C)C)[C@@H](CO[Si](C)(C)C(C)(C)C)N(C(=O)OCc2ccccc2)[C@H]1CO. The highest BCUT2D eigenvalue weighted by atomic mass is 28.4. The lowest BCUT2D eigenvalue weighted by Crippen LogP contribution is -2.53. The summed E-state index contributed by atoms with van der Waals surface area (Å²) in [6.45, 7) is 21.9. The first-order valence-electron chi connectivity index (χ1n) is 13.5. The Morgan fingerprint density at radius 2 is 1.50 bits per heavy atom. The van der Waals surface area contributed by atoms with Gasteiger partial charge in [0.05, 0.1) is 31.4 Å². The van der Waals surface area contributed by atoms with Gasteiger partial charge in [0, 0.05) is 7.11 Å². The van der Waals surface area contributed by atoms with E-state index in [0.717, 1.165) is 5.56 Å². The molecule has 0 saturated carbocycles. The van der Waals surface area contributed by atoms with Gasteiger partial charge in [0.2, 0.25) is 0 Å². The van der Waals surface area contributed by atoms with E-state index in [4.69, 9.17) is 23.1 Å². The maximum atomic E-state index is 13.7. The maximum absolute atomic E-state index is 13.7. The van der Waals surface area contributed by atoms with Crippen molar-refractivity contribution in [2.45, 2.75) is 109 Å². The first-order chi connectivity index (χ1) is 17.5. The summed E-state index contributed by atoms with van der Waals surface area (Å²) in [5.41, 5.74) is 0.885. The lowest BCUT2D eigenvalue weighted by molar-refractivity contribution is -0.111. The molecule has 0 aromatic heterocycles. The number of ether oxygens (including phenoxy) is 3. The second kappa shape index (κ2) is 12.9. The van der Waals surface area contributed by atoms with Crippen LogP contribution in [0.15, 0.2) is 30.3 Å². The van der Waals surface area contributed by atoms with E-state index in [1.165, 1.54) is 0 Å². The summed E-state index contributed by atoms with van der Waals surface area (Å²) in [7, 11) is -2.92. The van der Waals surface area contributed by atoms with E-state index in [0.29, 0.717) is 0 Å². The molecule has 0 aliphatic carbocycles. The average Bonchev–Trinajstić information content (AvgIpc) is 3.10. The van der Waals surface area contributed by atoms with Crippen molar-refractivity contribution in [2.75, 3.05) is 27.1 Å². The van der Waals surface area contributed by atoms with Crippen LogP contribution in [0.1, 0.15) is 47.1 Å². The van der Waals surface area contributed by atoms with Crippen LogP contribution in [0.3, 0.4) is 0 Å². The Kier molecular flexibility index (Phi) is 11.2. The van der Waals surface area contributed by atoms with Gasteiger partial charge in [-0.15, -0.1) is 0 Å². The van der Waals surface area contributed by atoms with Crippen molar-refractivity contribution in [3.8, 4) is 0 Å². The number of methoxy groups -OCH3 is 1. The monoisotopic (exact) mass is 569 g/mol. The first kappa shape index (κ1) is 32.9. The highest BCUT2D eigenvalue weighted by molar-refractivity contribution is 6.74. The van der Waals surface area contributed by atoms with Crippen LogP contribution in [-0.2, 0) is 29.7 Å². The second-order valence-electron chi connectivity index (χ2n) is 13.2. The van der Waals surface area contributed by atoms with Gasteiger partial charge in [0.15, 0.2) is 16.6 Å². The summed E-state index contributed by atoms with van der Waals surface area (Å²) in [5, 5.41) is 10.5. The topological polar surface area (TPSA) is 86.7 Å². The van der Waals surface area contributed by atoms with Gasteiger partial charge in [-0.05, 0) is 41.8 Å². The minimum atomic E-state index is -2.31. The number of rotatable bonds is 11. The molecule has 0 bridgehead atoms. The Morgan fingerprint density at radius 1 is 0.921 bits per heavy atom. The Morgan fingerprint density at radius 3 is 2.00 bits per heavy atom. The van der Waals surface area contributed by atoms with Gasteiger partial charge < -0.3 is 28.2 Å². The van der Waals surface area contributed by atoms with Gasteiger partial charge >= 0.3 is 6.09 Å². The van der Waals surface area contributed by atoms with Crippen molar-refractivity contribution >= 4 is 22.7 Å². The van der Waals surface area contributed by atoms with Gasteiger partial charge in [-0.25, -0.2) is 4.79 Å². The molecule has 1 saturated heterocycles. The highest BCUT2D eigenvalue weighted by Gasteiger charge is 2.56. The van der Waals surface area contributed by atoms with Gasteiger partial charge in [-0.2, -0.15) is 0 Å². The molecule has 1 aromatic carbocycles. The third-order valence-corrected chi connectivity index (χ3v) is 17.4. The molecule has 218 valence electrons. The predicted molar refractivity (Wildman–Crippen MR) is 155 cm³/mol. The van der Waals surface area contributed by atoms with Gasteiger partial charge in [-0.1, -0.05) is 71.9 Å². The van der Waals surface area contributed by atoms with Gasteiger partial charge in [0.1, 0.15) is 19.5 Å². The van der Waals surface area contributed by atoms with Gasteiger partial charge in [0.25, 0.3) is 0 Å². The minimum absolute atomic E-state index is 0.0115. The van der Waals surface area contributed by atoms with E-state index in [1.54, 1.807) is 12.0 Å². The summed E-state index contributed by atoms with van der Waals surface area (Å²) in [5.74, 6) is 0. The van der Waals surface area contributed by atoms with Crippen molar-refractivity contribution in [3.63, 3.8) is 0 Å².